The third-order valence-corrected chi connectivity index (χ3v) is 3.59. The van der Waals surface area contributed by atoms with Gasteiger partial charge in [0.2, 0.25) is 0 Å². The highest BCUT2D eigenvalue weighted by molar-refractivity contribution is 7.05. The van der Waals surface area contributed by atoms with Gasteiger partial charge < -0.3 is 5.32 Å². The van der Waals surface area contributed by atoms with Gasteiger partial charge in [-0.05, 0) is 42.6 Å². The second-order valence-corrected chi connectivity index (χ2v) is 5.16. The zero-order chi connectivity index (χ0) is 12.5. The predicted octanol–water partition coefficient (Wildman–Crippen LogP) is 2.74. The molecule has 6 heteroatoms. The summed E-state index contributed by atoms with van der Waals surface area (Å²) in [6, 6.07) is 3.92. The standard InChI is InChI=1S/C12H11F2N3S/c13-7-1-4-10(14)9(5-7)12-11(18-17-16-12)6-15-8-2-3-8/h1,4-5,8,15H,2-3,6H2. The fraction of sp³-hybridized carbons (Fsp3) is 0.333. The average molecular weight is 267 g/mol. The SMILES string of the molecule is Fc1ccc(F)c(-c2nnsc2CNC2CC2)c1. The summed E-state index contributed by atoms with van der Waals surface area (Å²) in [5, 5.41) is 7.23. The highest BCUT2D eigenvalue weighted by Gasteiger charge is 2.22. The van der Waals surface area contributed by atoms with Crippen LogP contribution in [0.25, 0.3) is 11.3 Å². The molecule has 1 aliphatic carbocycles. The Balaban J connectivity index is 1.90. The number of hydrogen-bond donors (Lipinski definition) is 1. The minimum atomic E-state index is -0.475. The molecular formula is C12H11F2N3S. The molecule has 0 saturated heterocycles. The second kappa shape index (κ2) is 4.70. The van der Waals surface area contributed by atoms with Crippen LogP contribution in [0.2, 0.25) is 0 Å². The van der Waals surface area contributed by atoms with Gasteiger partial charge in [-0.3, -0.25) is 0 Å². The normalized spacial score (nSPS) is 15.0. The van der Waals surface area contributed by atoms with E-state index in [4.69, 9.17) is 0 Å². The van der Waals surface area contributed by atoms with E-state index in [-0.39, 0.29) is 5.56 Å². The molecule has 18 heavy (non-hydrogen) atoms. The van der Waals surface area contributed by atoms with Gasteiger partial charge in [-0.2, -0.15) is 0 Å². The fourth-order valence-electron chi connectivity index (χ4n) is 1.73. The van der Waals surface area contributed by atoms with E-state index in [0.29, 0.717) is 18.3 Å². The van der Waals surface area contributed by atoms with Crippen LogP contribution in [0, 0.1) is 11.6 Å². The van der Waals surface area contributed by atoms with Crippen LogP contribution in [0.4, 0.5) is 8.78 Å². The Labute approximate surface area is 107 Å². The summed E-state index contributed by atoms with van der Waals surface area (Å²) in [5.41, 5.74) is 0.612. The lowest BCUT2D eigenvalue weighted by Gasteiger charge is -2.04. The van der Waals surface area contributed by atoms with Crippen molar-refractivity contribution < 1.29 is 8.78 Å². The van der Waals surface area contributed by atoms with Crippen LogP contribution in [-0.4, -0.2) is 15.6 Å². The molecule has 0 spiro atoms. The quantitative estimate of drug-likeness (QED) is 0.925. The van der Waals surface area contributed by atoms with Crippen LogP contribution in [0.1, 0.15) is 17.7 Å². The Bertz CT molecular complexity index is 566. The summed E-state index contributed by atoms with van der Waals surface area (Å²) in [7, 11) is 0. The first-order valence-corrected chi connectivity index (χ1v) is 6.51. The fourth-order valence-corrected chi connectivity index (χ4v) is 2.34. The molecule has 3 rings (SSSR count). The van der Waals surface area contributed by atoms with E-state index in [1.54, 1.807) is 0 Å². The van der Waals surface area contributed by atoms with Crippen LogP contribution in [0.3, 0.4) is 0 Å². The van der Waals surface area contributed by atoms with Gasteiger partial charge >= 0.3 is 0 Å². The van der Waals surface area contributed by atoms with Gasteiger partial charge in [0.25, 0.3) is 0 Å². The monoisotopic (exact) mass is 267 g/mol. The Kier molecular flexibility index (Phi) is 3.05. The van der Waals surface area contributed by atoms with Crippen molar-refractivity contribution in [2.45, 2.75) is 25.4 Å². The van der Waals surface area contributed by atoms with Gasteiger partial charge in [-0.25, -0.2) is 8.78 Å². The molecule has 1 aliphatic rings. The summed E-state index contributed by atoms with van der Waals surface area (Å²) < 4.78 is 30.7. The van der Waals surface area contributed by atoms with Crippen molar-refractivity contribution in [2.24, 2.45) is 0 Å². The minimum Gasteiger partial charge on any atom is -0.309 e. The van der Waals surface area contributed by atoms with E-state index in [1.807, 2.05) is 0 Å². The highest BCUT2D eigenvalue weighted by atomic mass is 32.1. The van der Waals surface area contributed by atoms with Crippen molar-refractivity contribution in [3.05, 3.63) is 34.7 Å². The largest absolute Gasteiger partial charge is 0.309 e. The Morgan fingerprint density at radius 2 is 2.17 bits per heavy atom. The molecular weight excluding hydrogens is 256 g/mol. The molecule has 1 fully saturated rings. The first kappa shape index (κ1) is 11.7. The molecule has 0 bridgehead atoms. The molecule has 0 radical (unpaired) electrons. The van der Waals surface area contributed by atoms with E-state index >= 15 is 0 Å². The number of rotatable bonds is 4. The van der Waals surface area contributed by atoms with Crippen LogP contribution in [0.15, 0.2) is 18.2 Å². The minimum absolute atomic E-state index is 0.177. The van der Waals surface area contributed by atoms with E-state index < -0.39 is 11.6 Å². The summed E-state index contributed by atoms with van der Waals surface area (Å²) >= 11 is 1.22. The number of halogens is 2. The van der Waals surface area contributed by atoms with Gasteiger partial charge in [-0.1, -0.05) is 4.49 Å². The molecule has 2 aromatic rings. The first-order chi connectivity index (χ1) is 8.74. The third-order valence-electron chi connectivity index (χ3n) is 2.87. The van der Waals surface area contributed by atoms with Crippen molar-refractivity contribution >= 4 is 11.5 Å². The summed E-state index contributed by atoms with van der Waals surface area (Å²) in [6.07, 6.45) is 2.35. The van der Waals surface area contributed by atoms with Gasteiger partial charge in [0.1, 0.15) is 17.3 Å². The number of aromatic nitrogens is 2. The average Bonchev–Trinajstić information content (AvgIpc) is 3.08. The van der Waals surface area contributed by atoms with E-state index in [2.05, 4.69) is 14.9 Å². The van der Waals surface area contributed by atoms with E-state index in [9.17, 15) is 8.78 Å². The molecule has 0 unspecified atom stereocenters. The maximum absolute atomic E-state index is 13.7. The summed E-state index contributed by atoms with van der Waals surface area (Å²) in [5.74, 6) is -0.947. The summed E-state index contributed by atoms with van der Waals surface area (Å²) in [6.45, 7) is 0.605. The summed E-state index contributed by atoms with van der Waals surface area (Å²) in [4.78, 5) is 0.839. The molecule has 94 valence electrons. The molecule has 1 aromatic heterocycles. The smallest absolute Gasteiger partial charge is 0.132 e. The first-order valence-electron chi connectivity index (χ1n) is 5.74. The molecule has 1 aromatic carbocycles. The maximum atomic E-state index is 13.7. The number of nitrogens with one attached hydrogen (secondary N) is 1. The van der Waals surface area contributed by atoms with E-state index in [0.717, 1.165) is 23.1 Å². The van der Waals surface area contributed by atoms with Gasteiger partial charge in [0.05, 0.1) is 4.88 Å². The topological polar surface area (TPSA) is 37.8 Å². The second-order valence-electron chi connectivity index (χ2n) is 4.32. The molecule has 0 aliphatic heterocycles. The highest BCUT2D eigenvalue weighted by Crippen LogP contribution is 2.28. The molecule has 3 nitrogen and oxygen atoms in total. The van der Waals surface area contributed by atoms with Crippen LogP contribution in [0.5, 0.6) is 0 Å². The van der Waals surface area contributed by atoms with Crippen molar-refractivity contribution in [1.29, 1.82) is 0 Å². The Morgan fingerprint density at radius 1 is 1.33 bits per heavy atom. The number of nitrogens with zero attached hydrogens (tertiary/aromatic N) is 2. The lowest BCUT2D eigenvalue weighted by Crippen LogP contribution is -2.15. The molecule has 0 atom stereocenters. The predicted molar refractivity (Wildman–Crippen MR) is 65.1 cm³/mol. The van der Waals surface area contributed by atoms with Gasteiger partial charge in [0.15, 0.2) is 0 Å². The lowest BCUT2D eigenvalue weighted by molar-refractivity contribution is 0.602. The zero-order valence-corrected chi connectivity index (χ0v) is 10.3. The van der Waals surface area contributed by atoms with Crippen molar-refractivity contribution in [3.8, 4) is 11.3 Å². The van der Waals surface area contributed by atoms with E-state index in [1.165, 1.54) is 24.4 Å². The lowest BCUT2D eigenvalue weighted by atomic mass is 10.1. The van der Waals surface area contributed by atoms with Crippen molar-refractivity contribution in [3.63, 3.8) is 0 Å². The van der Waals surface area contributed by atoms with Crippen LogP contribution >= 0.6 is 11.5 Å². The number of benzene rings is 1. The van der Waals surface area contributed by atoms with Crippen molar-refractivity contribution in [2.75, 3.05) is 0 Å². The van der Waals surface area contributed by atoms with Gasteiger partial charge in [0, 0.05) is 18.2 Å². The molecule has 1 saturated carbocycles. The number of hydrogen-bond acceptors (Lipinski definition) is 4. The zero-order valence-electron chi connectivity index (χ0n) is 9.49. The van der Waals surface area contributed by atoms with Crippen LogP contribution in [-0.2, 0) is 6.54 Å². The molecule has 1 N–H and O–H groups in total. The Hall–Kier alpha value is -1.40. The third kappa shape index (κ3) is 2.39. The van der Waals surface area contributed by atoms with Crippen molar-refractivity contribution in [1.82, 2.24) is 14.9 Å². The molecule has 1 heterocycles. The Morgan fingerprint density at radius 3 is 2.94 bits per heavy atom. The maximum Gasteiger partial charge on any atom is 0.132 e. The molecule has 0 amide bonds. The van der Waals surface area contributed by atoms with Crippen LogP contribution < -0.4 is 5.32 Å². The van der Waals surface area contributed by atoms with Gasteiger partial charge in [-0.15, -0.1) is 5.10 Å².